The molecule has 0 bridgehead atoms. The van der Waals surface area contributed by atoms with Crippen molar-refractivity contribution in [2.24, 2.45) is 5.73 Å². The van der Waals surface area contributed by atoms with Crippen LogP contribution in [0.25, 0.3) is 0 Å². The lowest BCUT2D eigenvalue weighted by Crippen LogP contribution is -1.92. The molecule has 1 aromatic rings. The molecule has 0 aliphatic carbocycles. The third kappa shape index (κ3) is 2.35. The number of aliphatic hydroxyl groups is 1. The lowest BCUT2D eigenvalue weighted by Gasteiger charge is -1.81. The van der Waals surface area contributed by atoms with Gasteiger partial charge in [0.1, 0.15) is 0 Å². The van der Waals surface area contributed by atoms with E-state index in [1.54, 1.807) is 0 Å². The average Bonchev–Trinajstić information content (AvgIpc) is 2.48. The van der Waals surface area contributed by atoms with Crippen molar-refractivity contribution in [1.29, 1.82) is 0 Å². The Morgan fingerprint density at radius 1 is 1.55 bits per heavy atom. The Balaban J connectivity index is 2.72. The van der Waals surface area contributed by atoms with E-state index in [1.807, 2.05) is 12.1 Å². The minimum absolute atomic E-state index is 0.0922. The van der Waals surface area contributed by atoms with Gasteiger partial charge < -0.3 is 10.8 Å². The molecule has 0 aliphatic heterocycles. The first-order valence-corrected chi connectivity index (χ1v) is 4.07. The van der Waals surface area contributed by atoms with Gasteiger partial charge in [0.2, 0.25) is 0 Å². The number of thiophene rings is 1. The van der Waals surface area contributed by atoms with Crippen LogP contribution in [0.1, 0.15) is 9.75 Å². The number of hydrogen-bond acceptors (Lipinski definition) is 3. The minimum Gasteiger partial charge on any atom is -0.391 e. The summed E-state index contributed by atoms with van der Waals surface area (Å²) >= 11 is 1.49. The summed E-state index contributed by atoms with van der Waals surface area (Å²) in [7, 11) is 0. The monoisotopic (exact) mass is 167 g/mol. The Kier molecular flexibility index (Phi) is 3.12. The first-order chi connectivity index (χ1) is 5.36. The van der Waals surface area contributed by atoms with E-state index in [4.69, 9.17) is 10.8 Å². The van der Waals surface area contributed by atoms with Crippen LogP contribution in [-0.2, 0) is 6.61 Å². The van der Waals surface area contributed by atoms with Crippen LogP contribution in [0.2, 0.25) is 0 Å². The van der Waals surface area contributed by atoms with Gasteiger partial charge >= 0.3 is 0 Å². The van der Waals surface area contributed by atoms with Gasteiger partial charge in [0.25, 0.3) is 0 Å². The van der Waals surface area contributed by atoms with Crippen LogP contribution in [0, 0.1) is 11.8 Å². The fourth-order valence-corrected chi connectivity index (χ4v) is 1.41. The molecule has 2 nitrogen and oxygen atoms in total. The molecule has 1 aromatic heterocycles. The molecule has 0 spiro atoms. The van der Waals surface area contributed by atoms with Crippen LogP contribution in [0.3, 0.4) is 0 Å². The zero-order valence-corrected chi connectivity index (χ0v) is 6.82. The maximum Gasteiger partial charge on any atom is 0.0774 e. The molecule has 0 fully saturated rings. The molecule has 3 N–H and O–H groups in total. The molecular weight excluding hydrogens is 158 g/mol. The van der Waals surface area contributed by atoms with Gasteiger partial charge in [-0.1, -0.05) is 11.8 Å². The van der Waals surface area contributed by atoms with E-state index in [0.717, 1.165) is 9.75 Å². The first-order valence-electron chi connectivity index (χ1n) is 3.25. The van der Waals surface area contributed by atoms with Crippen molar-refractivity contribution in [3.8, 4) is 11.8 Å². The standard InChI is InChI=1S/C8H9NOS/c9-5-1-2-7-3-4-8(6-10)11-7/h3-4,10H,5-6,9H2. The lowest BCUT2D eigenvalue weighted by molar-refractivity contribution is 0.285. The van der Waals surface area contributed by atoms with E-state index < -0.39 is 0 Å². The van der Waals surface area contributed by atoms with Crippen molar-refractivity contribution in [3.05, 3.63) is 21.9 Å². The molecule has 0 aliphatic rings. The normalized spacial score (nSPS) is 8.91. The van der Waals surface area contributed by atoms with Gasteiger partial charge in [-0.05, 0) is 12.1 Å². The third-order valence-corrected chi connectivity index (χ3v) is 2.12. The predicted molar refractivity (Wildman–Crippen MR) is 46.2 cm³/mol. The van der Waals surface area contributed by atoms with Crippen LogP contribution >= 0.6 is 11.3 Å². The van der Waals surface area contributed by atoms with Gasteiger partial charge in [-0.15, -0.1) is 11.3 Å². The molecule has 1 heterocycles. The van der Waals surface area contributed by atoms with Crippen molar-refractivity contribution < 1.29 is 5.11 Å². The van der Waals surface area contributed by atoms with E-state index in [2.05, 4.69) is 11.8 Å². The summed E-state index contributed by atoms with van der Waals surface area (Å²) in [5.41, 5.74) is 5.20. The van der Waals surface area contributed by atoms with E-state index in [0.29, 0.717) is 6.54 Å². The van der Waals surface area contributed by atoms with Crippen LogP contribution in [-0.4, -0.2) is 11.7 Å². The van der Waals surface area contributed by atoms with Crippen molar-refractivity contribution >= 4 is 11.3 Å². The molecule has 0 saturated heterocycles. The Labute approximate surface area is 69.7 Å². The molecule has 0 atom stereocenters. The van der Waals surface area contributed by atoms with Gasteiger partial charge in [-0.25, -0.2) is 0 Å². The zero-order chi connectivity index (χ0) is 8.10. The van der Waals surface area contributed by atoms with Crippen LogP contribution < -0.4 is 5.73 Å². The molecular formula is C8H9NOS. The van der Waals surface area contributed by atoms with Crippen molar-refractivity contribution in [2.45, 2.75) is 6.61 Å². The molecule has 0 amide bonds. The number of rotatable bonds is 1. The molecule has 0 unspecified atom stereocenters. The van der Waals surface area contributed by atoms with E-state index in [9.17, 15) is 0 Å². The summed E-state index contributed by atoms with van der Waals surface area (Å²) in [6, 6.07) is 3.75. The third-order valence-electron chi connectivity index (χ3n) is 1.13. The summed E-state index contributed by atoms with van der Waals surface area (Å²) < 4.78 is 0. The van der Waals surface area contributed by atoms with Gasteiger partial charge in [-0.3, -0.25) is 0 Å². The largest absolute Gasteiger partial charge is 0.391 e. The van der Waals surface area contributed by atoms with E-state index in [-0.39, 0.29) is 6.61 Å². The summed E-state index contributed by atoms with van der Waals surface area (Å²) in [6.07, 6.45) is 0. The SMILES string of the molecule is NCC#Cc1ccc(CO)s1. The molecule has 0 radical (unpaired) electrons. The lowest BCUT2D eigenvalue weighted by atomic mass is 10.4. The van der Waals surface area contributed by atoms with E-state index >= 15 is 0 Å². The van der Waals surface area contributed by atoms with Crippen molar-refractivity contribution in [1.82, 2.24) is 0 Å². The summed E-state index contributed by atoms with van der Waals surface area (Å²) in [5, 5.41) is 8.71. The molecule has 0 saturated carbocycles. The fraction of sp³-hybridized carbons (Fsp3) is 0.250. The summed E-state index contributed by atoms with van der Waals surface area (Å²) in [6.45, 7) is 0.474. The van der Waals surface area contributed by atoms with Gasteiger partial charge in [0.15, 0.2) is 0 Å². The highest BCUT2D eigenvalue weighted by Gasteiger charge is 1.93. The van der Waals surface area contributed by atoms with Gasteiger partial charge in [0.05, 0.1) is 18.0 Å². The quantitative estimate of drug-likeness (QED) is 0.600. The maximum atomic E-state index is 8.71. The Morgan fingerprint density at radius 3 is 2.91 bits per heavy atom. The van der Waals surface area contributed by atoms with Crippen LogP contribution in [0.5, 0.6) is 0 Å². The summed E-state index contributed by atoms with van der Waals surface area (Å²) in [4.78, 5) is 1.89. The van der Waals surface area contributed by atoms with Gasteiger partial charge in [-0.2, -0.15) is 0 Å². The molecule has 1 rings (SSSR count). The fourth-order valence-electron chi connectivity index (χ4n) is 0.668. The Hall–Kier alpha value is -0.820. The predicted octanol–water partition coefficient (Wildman–Crippen LogP) is 0.551. The van der Waals surface area contributed by atoms with Crippen LogP contribution in [0.4, 0.5) is 0 Å². The smallest absolute Gasteiger partial charge is 0.0774 e. The van der Waals surface area contributed by atoms with E-state index in [1.165, 1.54) is 11.3 Å². The van der Waals surface area contributed by atoms with Gasteiger partial charge in [0, 0.05) is 4.88 Å². The Morgan fingerprint density at radius 2 is 2.36 bits per heavy atom. The second-order valence-corrected chi connectivity index (χ2v) is 3.10. The molecule has 58 valence electrons. The number of aliphatic hydroxyl groups excluding tert-OH is 1. The molecule has 11 heavy (non-hydrogen) atoms. The molecule has 0 aromatic carbocycles. The first kappa shape index (κ1) is 8.28. The highest BCUT2D eigenvalue weighted by molar-refractivity contribution is 7.12. The average molecular weight is 167 g/mol. The number of nitrogens with two attached hydrogens (primary N) is 1. The second-order valence-electron chi connectivity index (χ2n) is 1.93. The maximum absolute atomic E-state index is 8.71. The van der Waals surface area contributed by atoms with Crippen LogP contribution in [0.15, 0.2) is 12.1 Å². The highest BCUT2D eigenvalue weighted by atomic mass is 32.1. The second kappa shape index (κ2) is 4.14. The Bertz CT molecular complexity index is 282. The van der Waals surface area contributed by atoms with Crippen molar-refractivity contribution in [3.63, 3.8) is 0 Å². The minimum atomic E-state index is 0.0922. The number of hydrogen-bond donors (Lipinski definition) is 2. The summed E-state index contributed by atoms with van der Waals surface area (Å²) in [5.74, 6) is 5.64. The van der Waals surface area contributed by atoms with Crippen molar-refractivity contribution in [2.75, 3.05) is 6.54 Å². The zero-order valence-electron chi connectivity index (χ0n) is 6.00. The molecule has 3 heteroatoms. The topological polar surface area (TPSA) is 46.2 Å². The highest BCUT2D eigenvalue weighted by Crippen LogP contribution is 2.14.